The van der Waals surface area contributed by atoms with Gasteiger partial charge in [-0.3, -0.25) is 0 Å². The third-order valence-corrected chi connectivity index (χ3v) is 1.72. The van der Waals surface area contributed by atoms with Crippen molar-refractivity contribution in [3.8, 4) is 0 Å². The van der Waals surface area contributed by atoms with Gasteiger partial charge in [-0.25, -0.2) is 9.90 Å². The van der Waals surface area contributed by atoms with Crippen molar-refractivity contribution in [1.29, 1.82) is 0 Å². The molecule has 3 heteroatoms. The lowest BCUT2D eigenvalue weighted by atomic mass is 10.1. The molecular weight excluding hydrogens is 142 g/mol. The van der Waals surface area contributed by atoms with Crippen molar-refractivity contribution in [1.82, 2.24) is 5.32 Å². The van der Waals surface area contributed by atoms with E-state index in [0.29, 0.717) is 0 Å². The molecule has 0 aliphatic heterocycles. The number of nitrogens with one attached hydrogen (secondary N) is 1. The van der Waals surface area contributed by atoms with Crippen molar-refractivity contribution >= 4 is 6.09 Å². The molecule has 1 N–H and O–H groups in total. The fourth-order valence-corrected chi connectivity index (χ4v) is 0.996. The number of amides is 1. The highest BCUT2D eigenvalue weighted by atomic mass is 16.4. The fourth-order valence-electron chi connectivity index (χ4n) is 0.996. The second-order valence-electron chi connectivity index (χ2n) is 2.68. The van der Waals surface area contributed by atoms with E-state index in [2.05, 4.69) is 12.2 Å². The van der Waals surface area contributed by atoms with Crippen molar-refractivity contribution < 1.29 is 9.90 Å². The molecule has 65 valence electrons. The molecule has 1 atom stereocenters. The van der Waals surface area contributed by atoms with Crippen molar-refractivity contribution in [2.45, 2.75) is 45.6 Å². The summed E-state index contributed by atoms with van der Waals surface area (Å²) in [5.74, 6) is 0. The largest absolute Gasteiger partial charge is 0.450 e. The summed E-state index contributed by atoms with van der Waals surface area (Å²) in [6.07, 6.45) is 2.77. The van der Waals surface area contributed by atoms with Crippen LogP contribution in [0.4, 0.5) is 4.79 Å². The monoisotopic (exact) mass is 158 g/mol. The zero-order valence-electron chi connectivity index (χ0n) is 7.22. The molecule has 0 aliphatic carbocycles. The molecule has 0 saturated heterocycles. The summed E-state index contributed by atoms with van der Waals surface area (Å²) in [7, 11) is 0. The van der Waals surface area contributed by atoms with Crippen LogP contribution in [0.25, 0.3) is 0 Å². The number of carbonyl (C=O) groups excluding carboxylic acids is 1. The Morgan fingerprint density at radius 2 is 2.09 bits per heavy atom. The van der Waals surface area contributed by atoms with E-state index in [4.69, 9.17) is 0 Å². The van der Waals surface area contributed by atoms with Crippen LogP contribution in [0.5, 0.6) is 0 Å². The van der Waals surface area contributed by atoms with E-state index in [1.165, 1.54) is 0 Å². The van der Waals surface area contributed by atoms with Gasteiger partial charge in [0.25, 0.3) is 0 Å². The van der Waals surface area contributed by atoms with Gasteiger partial charge in [0.15, 0.2) is 0 Å². The van der Waals surface area contributed by atoms with Gasteiger partial charge in [0.2, 0.25) is 0 Å². The summed E-state index contributed by atoms with van der Waals surface area (Å²) in [6.45, 7) is 4.06. The molecule has 11 heavy (non-hydrogen) atoms. The molecular formula is C8H16NO2. The molecule has 1 amide bonds. The number of hydrogen-bond acceptors (Lipinski definition) is 1. The Labute approximate surface area is 67.8 Å². The molecule has 0 rings (SSSR count). The zero-order valence-corrected chi connectivity index (χ0v) is 7.22. The number of hydrogen-bond donors (Lipinski definition) is 1. The van der Waals surface area contributed by atoms with Gasteiger partial charge in [0.05, 0.1) is 0 Å². The first-order valence-corrected chi connectivity index (χ1v) is 4.18. The smallest absolute Gasteiger partial charge is 0.316 e. The fraction of sp³-hybridized carbons (Fsp3) is 0.875. The molecule has 0 aliphatic rings. The van der Waals surface area contributed by atoms with Gasteiger partial charge in [-0.1, -0.05) is 26.7 Å². The third-order valence-electron chi connectivity index (χ3n) is 1.72. The lowest BCUT2D eigenvalue weighted by molar-refractivity contribution is 0.162. The average molecular weight is 158 g/mol. The lowest BCUT2D eigenvalue weighted by Crippen LogP contribution is -2.32. The summed E-state index contributed by atoms with van der Waals surface area (Å²) in [4.78, 5) is 10.1. The van der Waals surface area contributed by atoms with E-state index in [1.807, 2.05) is 6.92 Å². The van der Waals surface area contributed by atoms with Crippen LogP contribution in [0.15, 0.2) is 0 Å². The van der Waals surface area contributed by atoms with Crippen molar-refractivity contribution in [2.75, 3.05) is 0 Å². The summed E-state index contributed by atoms with van der Waals surface area (Å²) in [5, 5.41) is 12.5. The first kappa shape index (κ1) is 10.3. The van der Waals surface area contributed by atoms with E-state index in [1.54, 1.807) is 0 Å². The summed E-state index contributed by atoms with van der Waals surface area (Å²) >= 11 is 0. The quantitative estimate of drug-likeness (QED) is 0.654. The van der Waals surface area contributed by atoms with E-state index in [9.17, 15) is 9.90 Å². The van der Waals surface area contributed by atoms with Crippen LogP contribution < -0.4 is 5.32 Å². The van der Waals surface area contributed by atoms with Crippen molar-refractivity contribution in [3.63, 3.8) is 0 Å². The van der Waals surface area contributed by atoms with Gasteiger partial charge in [0, 0.05) is 6.04 Å². The Kier molecular flexibility index (Phi) is 5.61. The molecule has 1 unspecified atom stereocenters. The minimum Gasteiger partial charge on any atom is -0.316 e. The highest BCUT2D eigenvalue weighted by Crippen LogP contribution is 2.03. The molecule has 0 bridgehead atoms. The van der Waals surface area contributed by atoms with Crippen LogP contribution in [0.3, 0.4) is 0 Å². The van der Waals surface area contributed by atoms with Crippen LogP contribution in [0.2, 0.25) is 0 Å². The Morgan fingerprint density at radius 3 is 2.45 bits per heavy atom. The molecule has 0 fully saturated rings. The van der Waals surface area contributed by atoms with E-state index < -0.39 is 6.09 Å². The number of unbranched alkanes of at least 4 members (excludes halogenated alkanes) is 1. The molecule has 0 heterocycles. The maximum atomic E-state index is 10.1. The van der Waals surface area contributed by atoms with Crippen LogP contribution in [0.1, 0.15) is 39.5 Å². The third kappa shape index (κ3) is 5.70. The zero-order chi connectivity index (χ0) is 8.69. The predicted octanol–water partition coefficient (Wildman–Crippen LogP) is 2.10. The summed E-state index contributed by atoms with van der Waals surface area (Å²) < 4.78 is 0. The highest BCUT2D eigenvalue weighted by Gasteiger charge is 2.08. The summed E-state index contributed by atoms with van der Waals surface area (Å²) in [6, 6.07) is 0.0833. The van der Waals surface area contributed by atoms with Crippen LogP contribution in [0, 0.1) is 0 Å². The van der Waals surface area contributed by atoms with Gasteiger partial charge in [0.1, 0.15) is 0 Å². The Morgan fingerprint density at radius 1 is 1.45 bits per heavy atom. The van der Waals surface area contributed by atoms with Crippen LogP contribution in [-0.2, 0) is 5.11 Å². The topological polar surface area (TPSA) is 49.0 Å². The number of rotatable bonds is 5. The van der Waals surface area contributed by atoms with Gasteiger partial charge in [-0.2, -0.15) is 0 Å². The van der Waals surface area contributed by atoms with E-state index in [0.717, 1.165) is 25.7 Å². The molecule has 0 aromatic rings. The molecule has 0 aromatic heterocycles. The van der Waals surface area contributed by atoms with Crippen molar-refractivity contribution in [2.24, 2.45) is 0 Å². The maximum Gasteiger partial charge on any atom is 0.450 e. The SMILES string of the molecule is CCCCC(CC)NC([O])=O. The molecule has 0 aromatic carbocycles. The second kappa shape index (κ2) is 6.01. The van der Waals surface area contributed by atoms with Gasteiger partial charge >= 0.3 is 6.09 Å². The van der Waals surface area contributed by atoms with E-state index >= 15 is 0 Å². The minimum atomic E-state index is -1.16. The Bertz CT molecular complexity index is 115. The van der Waals surface area contributed by atoms with Crippen LogP contribution in [-0.4, -0.2) is 12.1 Å². The van der Waals surface area contributed by atoms with Gasteiger partial charge < -0.3 is 5.32 Å². The highest BCUT2D eigenvalue weighted by molar-refractivity contribution is 5.64. The number of carbonyl (C=O) groups is 1. The van der Waals surface area contributed by atoms with E-state index in [-0.39, 0.29) is 6.04 Å². The Balaban J connectivity index is 3.49. The van der Waals surface area contributed by atoms with Gasteiger partial charge in [-0.05, 0) is 12.8 Å². The van der Waals surface area contributed by atoms with Crippen molar-refractivity contribution in [3.05, 3.63) is 0 Å². The first-order chi connectivity index (χ1) is 5.20. The maximum absolute atomic E-state index is 10.1. The predicted molar refractivity (Wildman–Crippen MR) is 42.8 cm³/mol. The van der Waals surface area contributed by atoms with Crippen LogP contribution >= 0.6 is 0 Å². The molecule has 3 nitrogen and oxygen atoms in total. The standard InChI is InChI=1S/C8H16NO2/c1-3-5-6-7(4-2)9-8(10)11/h7,9H,3-6H2,1-2H3. The van der Waals surface area contributed by atoms with Gasteiger partial charge in [-0.15, -0.1) is 0 Å². The Hall–Kier alpha value is -0.730. The molecule has 0 spiro atoms. The normalized spacial score (nSPS) is 12.5. The average Bonchev–Trinajstić information content (AvgIpc) is 1.97. The first-order valence-electron chi connectivity index (χ1n) is 4.18. The summed E-state index contributed by atoms with van der Waals surface area (Å²) in [5.41, 5.74) is 0. The molecule has 0 saturated carbocycles. The second-order valence-corrected chi connectivity index (χ2v) is 2.68. The minimum absolute atomic E-state index is 0.0833. The molecule has 1 radical (unpaired) electrons. The lowest BCUT2D eigenvalue weighted by Gasteiger charge is -2.12.